The molecule has 1 aromatic carbocycles. The second-order valence-corrected chi connectivity index (χ2v) is 9.84. The molecule has 0 aliphatic heterocycles. The lowest BCUT2D eigenvalue weighted by Crippen LogP contribution is -2.25. The van der Waals surface area contributed by atoms with Crippen LogP contribution in [0.5, 0.6) is 0 Å². The predicted molar refractivity (Wildman–Crippen MR) is 105 cm³/mol. The molecule has 3 aromatic rings. The van der Waals surface area contributed by atoms with Gasteiger partial charge in [-0.25, -0.2) is 23.1 Å². The predicted octanol–water partition coefficient (Wildman–Crippen LogP) is 3.54. The minimum Gasteiger partial charge on any atom is -0.308 e. The van der Waals surface area contributed by atoms with E-state index < -0.39 is 10.0 Å². The zero-order chi connectivity index (χ0) is 19.2. The van der Waals surface area contributed by atoms with Crippen molar-refractivity contribution >= 4 is 21.2 Å². The monoisotopic (exact) mass is 384 g/mol. The number of fused-ring (bicyclic) bond motifs is 1. The molecule has 0 saturated heterocycles. The first-order valence-corrected chi connectivity index (χ1v) is 10.7. The highest BCUT2D eigenvalue weighted by Crippen LogP contribution is 2.38. The van der Waals surface area contributed by atoms with E-state index >= 15 is 0 Å². The third-order valence-corrected chi connectivity index (χ3v) is 6.30. The molecule has 2 aromatic heterocycles. The third kappa shape index (κ3) is 3.61. The minimum atomic E-state index is -3.60. The van der Waals surface area contributed by atoms with E-state index in [0.29, 0.717) is 11.9 Å². The number of pyridine rings is 1. The maximum Gasteiger partial charge on any atom is 0.240 e. The zero-order valence-corrected chi connectivity index (χ0v) is 16.6. The summed E-state index contributed by atoms with van der Waals surface area (Å²) in [5.74, 6) is 0.709. The van der Waals surface area contributed by atoms with Gasteiger partial charge in [0.2, 0.25) is 10.0 Å². The second-order valence-electron chi connectivity index (χ2n) is 8.07. The summed E-state index contributed by atoms with van der Waals surface area (Å²) in [5.41, 5.74) is 2.71. The maximum atomic E-state index is 12.7. The number of rotatable bonds is 5. The number of hydrogen-bond acceptors (Lipinski definition) is 4. The van der Waals surface area contributed by atoms with Gasteiger partial charge in [0, 0.05) is 12.2 Å². The van der Waals surface area contributed by atoms with Crippen LogP contribution >= 0.6 is 0 Å². The van der Waals surface area contributed by atoms with E-state index in [2.05, 4.69) is 40.0 Å². The van der Waals surface area contributed by atoms with Crippen molar-refractivity contribution in [2.24, 2.45) is 0 Å². The quantitative estimate of drug-likeness (QED) is 0.730. The molecule has 6 nitrogen and oxygen atoms in total. The molecule has 142 valence electrons. The van der Waals surface area contributed by atoms with Gasteiger partial charge in [-0.3, -0.25) is 0 Å². The fraction of sp³-hybridized carbons (Fsp3) is 0.400. The average molecular weight is 385 g/mol. The van der Waals surface area contributed by atoms with Gasteiger partial charge in [-0.05, 0) is 48.1 Å². The molecule has 0 atom stereocenters. The second kappa shape index (κ2) is 6.42. The standard InChI is InChI=1S/C20H24N4O2S/c1-20(2,3)14-6-10-16(11-7-14)27(25,26)22-13-18-23-17-5-4-12-21-19(17)24(18)15-8-9-15/h4-7,10-12,15,22H,8-9,13H2,1-3H3. The molecule has 1 aliphatic carbocycles. The van der Waals surface area contributed by atoms with E-state index in [-0.39, 0.29) is 16.9 Å². The van der Waals surface area contributed by atoms with Crippen LogP contribution in [0.3, 0.4) is 0 Å². The van der Waals surface area contributed by atoms with Crippen molar-refractivity contribution in [2.75, 3.05) is 0 Å². The van der Waals surface area contributed by atoms with E-state index in [1.807, 2.05) is 24.3 Å². The average Bonchev–Trinajstić information content (AvgIpc) is 3.39. The lowest BCUT2D eigenvalue weighted by Gasteiger charge is -2.19. The summed E-state index contributed by atoms with van der Waals surface area (Å²) >= 11 is 0. The number of nitrogens with zero attached hydrogens (tertiary/aromatic N) is 3. The molecule has 4 rings (SSSR count). The molecule has 0 bridgehead atoms. The number of aromatic nitrogens is 3. The van der Waals surface area contributed by atoms with Gasteiger partial charge in [0.1, 0.15) is 11.3 Å². The largest absolute Gasteiger partial charge is 0.308 e. The molecule has 0 radical (unpaired) electrons. The highest BCUT2D eigenvalue weighted by Gasteiger charge is 2.29. The Bertz CT molecular complexity index is 1080. The smallest absolute Gasteiger partial charge is 0.240 e. The van der Waals surface area contributed by atoms with Gasteiger partial charge in [0.05, 0.1) is 11.4 Å². The molecule has 27 heavy (non-hydrogen) atoms. The summed E-state index contributed by atoms with van der Waals surface area (Å²) in [6, 6.07) is 11.2. The Hall–Kier alpha value is -2.25. The molecule has 1 aliphatic rings. The molecule has 2 heterocycles. The summed E-state index contributed by atoms with van der Waals surface area (Å²) in [4.78, 5) is 9.28. The van der Waals surface area contributed by atoms with Crippen LogP contribution in [0.1, 0.15) is 51.0 Å². The number of hydrogen-bond donors (Lipinski definition) is 1. The van der Waals surface area contributed by atoms with Gasteiger partial charge in [-0.1, -0.05) is 32.9 Å². The fourth-order valence-electron chi connectivity index (χ4n) is 3.19. The van der Waals surface area contributed by atoms with Crippen LogP contribution in [0, 0.1) is 0 Å². The number of benzene rings is 1. The van der Waals surface area contributed by atoms with Crippen LogP contribution in [0.2, 0.25) is 0 Å². The van der Waals surface area contributed by atoms with E-state index in [9.17, 15) is 8.42 Å². The summed E-state index contributed by atoms with van der Waals surface area (Å²) in [6.07, 6.45) is 3.90. The normalized spacial score (nSPS) is 15.4. The van der Waals surface area contributed by atoms with Crippen LogP contribution < -0.4 is 4.72 Å². The van der Waals surface area contributed by atoms with Crippen molar-refractivity contribution in [3.63, 3.8) is 0 Å². The molecular formula is C20H24N4O2S. The van der Waals surface area contributed by atoms with Gasteiger partial charge < -0.3 is 4.57 Å². The molecule has 0 spiro atoms. The molecule has 1 fully saturated rings. The third-order valence-electron chi connectivity index (χ3n) is 4.88. The fourth-order valence-corrected chi connectivity index (χ4v) is 4.17. The Labute approximate surface area is 159 Å². The van der Waals surface area contributed by atoms with Gasteiger partial charge in [-0.2, -0.15) is 0 Å². The van der Waals surface area contributed by atoms with Crippen molar-refractivity contribution in [3.8, 4) is 0 Å². The number of sulfonamides is 1. The van der Waals surface area contributed by atoms with Crippen molar-refractivity contribution < 1.29 is 8.42 Å². The van der Waals surface area contributed by atoms with E-state index in [0.717, 1.165) is 29.6 Å². The van der Waals surface area contributed by atoms with Gasteiger partial charge in [0.25, 0.3) is 0 Å². The van der Waals surface area contributed by atoms with Crippen molar-refractivity contribution in [1.29, 1.82) is 0 Å². The van der Waals surface area contributed by atoms with E-state index in [1.165, 1.54) is 0 Å². The first-order chi connectivity index (χ1) is 12.8. The van der Waals surface area contributed by atoms with Crippen LogP contribution in [0.15, 0.2) is 47.5 Å². The first-order valence-electron chi connectivity index (χ1n) is 9.18. The summed E-state index contributed by atoms with van der Waals surface area (Å²) in [6.45, 7) is 6.46. The highest BCUT2D eigenvalue weighted by atomic mass is 32.2. The van der Waals surface area contributed by atoms with Crippen LogP contribution in [-0.4, -0.2) is 23.0 Å². The van der Waals surface area contributed by atoms with Crippen LogP contribution in [0.25, 0.3) is 11.2 Å². The van der Waals surface area contributed by atoms with Gasteiger partial charge in [0.15, 0.2) is 5.65 Å². The summed E-state index contributed by atoms with van der Waals surface area (Å²) < 4.78 is 30.2. The van der Waals surface area contributed by atoms with Crippen LogP contribution in [0.4, 0.5) is 0 Å². The van der Waals surface area contributed by atoms with E-state index in [4.69, 9.17) is 0 Å². The van der Waals surface area contributed by atoms with Crippen molar-refractivity contribution in [3.05, 3.63) is 54.0 Å². The lowest BCUT2D eigenvalue weighted by atomic mass is 9.87. The molecule has 0 amide bonds. The molecule has 1 saturated carbocycles. The summed E-state index contributed by atoms with van der Waals surface area (Å²) in [7, 11) is -3.60. The SMILES string of the molecule is CC(C)(C)c1ccc(S(=O)(=O)NCc2nc3cccnc3n2C2CC2)cc1. The summed E-state index contributed by atoms with van der Waals surface area (Å²) in [5, 5.41) is 0. The molecule has 7 heteroatoms. The Morgan fingerprint density at radius 3 is 2.48 bits per heavy atom. The highest BCUT2D eigenvalue weighted by molar-refractivity contribution is 7.89. The first kappa shape index (κ1) is 18.1. The zero-order valence-electron chi connectivity index (χ0n) is 15.8. The van der Waals surface area contributed by atoms with E-state index in [1.54, 1.807) is 18.3 Å². The number of nitrogens with one attached hydrogen (secondary N) is 1. The maximum absolute atomic E-state index is 12.7. The molecule has 0 unspecified atom stereocenters. The molecule has 1 N–H and O–H groups in total. The van der Waals surface area contributed by atoms with Crippen LogP contribution in [-0.2, 0) is 22.0 Å². The van der Waals surface area contributed by atoms with Gasteiger partial charge >= 0.3 is 0 Å². The number of imidazole rings is 1. The van der Waals surface area contributed by atoms with Gasteiger partial charge in [-0.15, -0.1) is 0 Å². The topological polar surface area (TPSA) is 76.9 Å². The van der Waals surface area contributed by atoms with Crippen molar-refractivity contribution in [1.82, 2.24) is 19.3 Å². The minimum absolute atomic E-state index is 0.0160. The molecular weight excluding hydrogens is 360 g/mol. The Kier molecular flexibility index (Phi) is 4.31. The Morgan fingerprint density at radius 1 is 1.15 bits per heavy atom. The Morgan fingerprint density at radius 2 is 1.85 bits per heavy atom. The lowest BCUT2D eigenvalue weighted by molar-refractivity contribution is 0.573. The van der Waals surface area contributed by atoms with Crippen molar-refractivity contribution in [2.45, 2.75) is 56.5 Å². The Balaban J connectivity index is 1.58.